The molecule has 0 saturated heterocycles. The van der Waals surface area contributed by atoms with Crippen LogP contribution in [0.3, 0.4) is 0 Å². The van der Waals surface area contributed by atoms with Crippen LogP contribution in [0.15, 0.2) is 87.0 Å². The standard InChI is InChI=1S/C25H19IN8O/c26-17-6-3-4-15(10-17)11-28-23-25(13-35)24(29-14-30-25)33-22(32-23)21-19(12-31-34-21)20-18-7-2-1-5-16(18)8-9-27-20/h1-10,12,14,35H,11,13H2,(H,31,34)(H,28,29,30,32,33)/t25-/m1/s1. The number of aromatic amines is 1. The number of aliphatic hydroxyl groups is 1. The first-order chi connectivity index (χ1) is 17.2. The van der Waals surface area contributed by atoms with E-state index >= 15 is 0 Å². The van der Waals surface area contributed by atoms with Gasteiger partial charge in [0.15, 0.2) is 11.7 Å². The Labute approximate surface area is 214 Å². The molecule has 0 unspecified atom stereocenters. The van der Waals surface area contributed by atoms with Gasteiger partial charge in [-0.1, -0.05) is 36.4 Å². The van der Waals surface area contributed by atoms with Gasteiger partial charge in [0.05, 0.1) is 25.0 Å². The maximum atomic E-state index is 10.3. The van der Waals surface area contributed by atoms with Crippen molar-refractivity contribution >= 4 is 57.2 Å². The van der Waals surface area contributed by atoms with E-state index < -0.39 is 5.54 Å². The predicted octanol–water partition coefficient (Wildman–Crippen LogP) is 3.35. The summed E-state index contributed by atoms with van der Waals surface area (Å²) < 4.78 is 1.12. The summed E-state index contributed by atoms with van der Waals surface area (Å²) in [6.45, 7) is 0.0895. The van der Waals surface area contributed by atoms with Crippen LogP contribution in [0.2, 0.25) is 0 Å². The lowest BCUT2D eigenvalue weighted by Crippen LogP contribution is -2.57. The van der Waals surface area contributed by atoms with Crippen molar-refractivity contribution in [2.24, 2.45) is 20.0 Å². The van der Waals surface area contributed by atoms with E-state index in [1.54, 1.807) is 12.4 Å². The Morgan fingerprint density at radius 1 is 1.09 bits per heavy atom. The van der Waals surface area contributed by atoms with E-state index in [1.807, 2.05) is 48.5 Å². The number of aromatic nitrogens is 3. The molecular formula is C25H19IN8O. The molecule has 6 rings (SSSR count). The fourth-order valence-corrected chi connectivity index (χ4v) is 4.85. The van der Waals surface area contributed by atoms with Crippen LogP contribution >= 0.6 is 22.6 Å². The van der Waals surface area contributed by atoms with Gasteiger partial charge in [0.1, 0.15) is 17.9 Å². The molecule has 0 amide bonds. The van der Waals surface area contributed by atoms with Crippen molar-refractivity contribution in [3.63, 3.8) is 0 Å². The smallest absolute Gasteiger partial charge is 0.201 e. The number of nitrogens with one attached hydrogen (secondary N) is 2. The highest BCUT2D eigenvalue weighted by Crippen LogP contribution is 2.30. The Bertz CT molecular complexity index is 1570. The Hall–Kier alpha value is -3.77. The number of halogens is 1. The molecule has 0 spiro atoms. The molecule has 4 heterocycles. The SMILES string of the molecule is OC[C@]12N=CN=C1NC(c1[nH]ncc1-c1nccc3ccccc13)=NC2=NCc1cccc(I)c1. The average Bonchev–Trinajstić information content (AvgIpc) is 3.54. The molecule has 0 bridgehead atoms. The van der Waals surface area contributed by atoms with Gasteiger partial charge in [-0.05, 0) is 51.7 Å². The molecule has 0 radical (unpaired) electrons. The van der Waals surface area contributed by atoms with Crippen LogP contribution in [0.25, 0.3) is 22.0 Å². The number of benzene rings is 2. The number of hydrogen-bond acceptors (Lipinski definition) is 7. The van der Waals surface area contributed by atoms with Gasteiger partial charge in [-0.2, -0.15) is 5.10 Å². The van der Waals surface area contributed by atoms with Gasteiger partial charge in [0.25, 0.3) is 0 Å². The van der Waals surface area contributed by atoms with E-state index in [0.717, 1.165) is 31.2 Å². The molecule has 35 heavy (non-hydrogen) atoms. The summed E-state index contributed by atoms with van der Waals surface area (Å²) in [5.74, 6) is 1.34. The van der Waals surface area contributed by atoms with E-state index in [0.29, 0.717) is 29.7 Å². The van der Waals surface area contributed by atoms with Gasteiger partial charge in [-0.25, -0.2) is 15.0 Å². The van der Waals surface area contributed by atoms with Gasteiger partial charge in [-0.3, -0.25) is 15.1 Å². The van der Waals surface area contributed by atoms with Gasteiger partial charge in [0.2, 0.25) is 5.54 Å². The molecule has 2 aromatic heterocycles. The molecule has 2 aromatic carbocycles. The molecule has 10 heteroatoms. The van der Waals surface area contributed by atoms with Crippen molar-refractivity contribution in [1.29, 1.82) is 0 Å². The molecule has 9 nitrogen and oxygen atoms in total. The third kappa shape index (κ3) is 3.74. The summed E-state index contributed by atoms with van der Waals surface area (Å²) in [5, 5.41) is 23.0. The van der Waals surface area contributed by atoms with Crippen LogP contribution in [0.4, 0.5) is 0 Å². The lowest BCUT2D eigenvalue weighted by Gasteiger charge is -2.30. The van der Waals surface area contributed by atoms with Crippen molar-refractivity contribution in [3.8, 4) is 11.3 Å². The summed E-state index contributed by atoms with van der Waals surface area (Å²) in [6.07, 6.45) is 4.94. The van der Waals surface area contributed by atoms with Gasteiger partial charge in [-0.15, -0.1) is 0 Å². The lowest BCUT2D eigenvalue weighted by molar-refractivity contribution is 0.270. The molecule has 172 valence electrons. The molecule has 4 aromatic rings. The molecule has 0 fully saturated rings. The summed E-state index contributed by atoms with van der Waals surface area (Å²) in [4.78, 5) is 23.0. The van der Waals surface area contributed by atoms with Crippen molar-refractivity contribution in [3.05, 3.63) is 81.8 Å². The summed E-state index contributed by atoms with van der Waals surface area (Å²) in [7, 11) is 0. The number of H-pyrrole nitrogens is 1. The Kier molecular flexibility index (Phi) is 5.46. The van der Waals surface area contributed by atoms with E-state index in [-0.39, 0.29) is 6.61 Å². The maximum absolute atomic E-state index is 10.3. The fraction of sp³-hybridized carbons (Fsp3) is 0.120. The first-order valence-electron chi connectivity index (χ1n) is 10.9. The van der Waals surface area contributed by atoms with Gasteiger partial charge in [0, 0.05) is 20.7 Å². The zero-order chi connectivity index (χ0) is 23.8. The Morgan fingerprint density at radius 3 is 2.89 bits per heavy atom. The first-order valence-corrected chi connectivity index (χ1v) is 12.0. The number of pyridine rings is 1. The topological polar surface area (TPSA) is 123 Å². The fourth-order valence-electron chi connectivity index (χ4n) is 4.24. The molecule has 2 aliphatic heterocycles. The minimum absolute atomic E-state index is 0.308. The van der Waals surface area contributed by atoms with Crippen LogP contribution in [-0.4, -0.2) is 56.3 Å². The average molecular weight is 574 g/mol. The van der Waals surface area contributed by atoms with Crippen LogP contribution in [0, 0.1) is 3.57 Å². The summed E-state index contributed by atoms with van der Waals surface area (Å²) in [6, 6.07) is 18.1. The van der Waals surface area contributed by atoms with Crippen LogP contribution in [-0.2, 0) is 6.54 Å². The van der Waals surface area contributed by atoms with Crippen LogP contribution in [0.5, 0.6) is 0 Å². The van der Waals surface area contributed by atoms with Crippen LogP contribution < -0.4 is 5.32 Å². The third-order valence-electron chi connectivity index (χ3n) is 6.02. The van der Waals surface area contributed by atoms with Gasteiger partial charge >= 0.3 is 0 Å². The number of aliphatic imine (C=N–C) groups is 4. The number of hydrogen-bond donors (Lipinski definition) is 3. The molecule has 0 saturated carbocycles. The zero-order valence-electron chi connectivity index (χ0n) is 18.4. The Morgan fingerprint density at radius 2 is 2.00 bits per heavy atom. The quantitative estimate of drug-likeness (QED) is 0.317. The van der Waals surface area contributed by atoms with E-state index in [9.17, 15) is 5.11 Å². The number of fused-ring (bicyclic) bond motifs is 2. The normalized spacial score (nSPS) is 20.0. The highest BCUT2D eigenvalue weighted by Gasteiger charge is 2.47. The third-order valence-corrected chi connectivity index (χ3v) is 6.69. The van der Waals surface area contributed by atoms with Crippen LogP contribution in [0.1, 0.15) is 11.3 Å². The van der Waals surface area contributed by atoms with E-state index in [4.69, 9.17) is 9.98 Å². The van der Waals surface area contributed by atoms with Gasteiger partial charge < -0.3 is 10.4 Å². The number of aliphatic hydroxyl groups excluding tert-OH is 1. The van der Waals surface area contributed by atoms with E-state index in [1.165, 1.54) is 6.34 Å². The van der Waals surface area contributed by atoms with E-state index in [2.05, 4.69) is 59.1 Å². The second-order valence-corrected chi connectivity index (χ2v) is 9.38. The molecule has 3 N–H and O–H groups in total. The van der Waals surface area contributed by atoms with Crippen molar-refractivity contribution in [2.75, 3.05) is 6.61 Å². The minimum atomic E-state index is -1.15. The molecule has 2 aliphatic rings. The zero-order valence-corrected chi connectivity index (χ0v) is 20.5. The Balaban J connectivity index is 1.46. The molecular weight excluding hydrogens is 555 g/mol. The highest BCUT2D eigenvalue weighted by molar-refractivity contribution is 14.1. The maximum Gasteiger partial charge on any atom is 0.201 e. The first kappa shape index (κ1) is 21.7. The second-order valence-electron chi connectivity index (χ2n) is 8.14. The summed E-state index contributed by atoms with van der Waals surface area (Å²) in [5.41, 5.74) is 2.12. The number of nitrogens with zero attached hydrogens (tertiary/aromatic N) is 6. The largest absolute Gasteiger partial charge is 0.393 e. The summed E-state index contributed by atoms with van der Waals surface area (Å²) >= 11 is 2.27. The van der Waals surface area contributed by atoms with Crippen molar-refractivity contribution in [1.82, 2.24) is 20.5 Å². The predicted molar refractivity (Wildman–Crippen MR) is 145 cm³/mol. The monoisotopic (exact) mass is 574 g/mol. The second kappa shape index (κ2) is 8.78. The molecule has 1 atom stereocenters. The minimum Gasteiger partial charge on any atom is -0.393 e. The lowest BCUT2D eigenvalue weighted by atomic mass is 9.96. The number of rotatable bonds is 5. The van der Waals surface area contributed by atoms with Crippen molar-refractivity contribution < 1.29 is 5.11 Å². The van der Waals surface area contributed by atoms with Crippen molar-refractivity contribution in [2.45, 2.75) is 12.1 Å². The highest BCUT2D eigenvalue weighted by atomic mass is 127. The molecule has 0 aliphatic carbocycles. The number of amidine groups is 3.